The van der Waals surface area contributed by atoms with Gasteiger partial charge in [-0.05, 0) is 31.2 Å². The fraction of sp³-hybridized carbons (Fsp3) is 0.158. The Labute approximate surface area is 155 Å². The van der Waals surface area contributed by atoms with Crippen molar-refractivity contribution in [2.45, 2.75) is 6.92 Å². The molecule has 4 rings (SSSR count). The first kappa shape index (κ1) is 16.5. The Morgan fingerprint density at radius 2 is 1.85 bits per heavy atom. The van der Waals surface area contributed by atoms with Crippen LogP contribution >= 0.6 is 11.6 Å². The summed E-state index contributed by atoms with van der Waals surface area (Å²) in [5, 5.41) is 0.647. The van der Waals surface area contributed by atoms with Crippen molar-refractivity contribution in [3.05, 3.63) is 53.3 Å². The molecule has 0 atom stereocenters. The van der Waals surface area contributed by atoms with Crippen LogP contribution in [0.1, 0.15) is 5.69 Å². The van der Waals surface area contributed by atoms with Gasteiger partial charge in [0.2, 0.25) is 5.95 Å². The van der Waals surface area contributed by atoms with E-state index in [0.717, 1.165) is 28.0 Å². The molecule has 0 fully saturated rings. The molecular weight excluding hydrogens is 348 g/mol. The summed E-state index contributed by atoms with van der Waals surface area (Å²) in [7, 11) is 3.83. The Balaban J connectivity index is 1.91. The Bertz CT molecular complexity index is 1100. The standard InChI is InChI=1S/C19H17ClN6/c1-11-10-15(24-19(22-11)26(2)3)16-17-14(8-9-21-16)23-18(25-17)12-6-4-5-7-13(12)20/h4-10H,1-3H3,(H,23,25). The van der Waals surface area contributed by atoms with Gasteiger partial charge in [0.25, 0.3) is 0 Å². The van der Waals surface area contributed by atoms with Gasteiger partial charge in [-0.2, -0.15) is 0 Å². The van der Waals surface area contributed by atoms with Crippen LogP contribution in [0.3, 0.4) is 0 Å². The van der Waals surface area contributed by atoms with Crippen LogP contribution < -0.4 is 4.90 Å². The highest BCUT2D eigenvalue weighted by molar-refractivity contribution is 6.33. The van der Waals surface area contributed by atoms with E-state index < -0.39 is 0 Å². The van der Waals surface area contributed by atoms with E-state index in [1.807, 2.05) is 62.3 Å². The van der Waals surface area contributed by atoms with Crippen molar-refractivity contribution in [2.75, 3.05) is 19.0 Å². The molecule has 3 heterocycles. The fourth-order valence-corrected chi connectivity index (χ4v) is 3.00. The first-order chi connectivity index (χ1) is 12.5. The van der Waals surface area contributed by atoms with Crippen molar-refractivity contribution in [2.24, 2.45) is 0 Å². The van der Waals surface area contributed by atoms with Gasteiger partial charge in [0, 0.05) is 31.5 Å². The number of anilines is 1. The third kappa shape index (κ3) is 2.88. The molecule has 0 aliphatic rings. The maximum Gasteiger partial charge on any atom is 0.225 e. The lowest BCUT2D eigenvalue weighted by molar-refractivity contribution is 0.978. The molecule has 0 spiro atoms. The molecule has 1 aromatic carbocycles. The average Bonchev–Trinajstić information content (AvgIpc) is 3.05. The first-order valence-electron chi connectivity index (χ1n) is 8.16. The number of benzene rings is 1. The van der Waals surface area contributed by atoms with Crippen LogP contribution in [0.15, 0.2) is 42.6 Å². The van der Waals surface area contributed by atoms with Crippen molar-refractivity contribution in [1.82, 2.24) is 24.9 Å². The van der Waals surface area contributed by atoms with Crippen LogP contribution in [0.5, 0.6) is 0 Å². The van der Waals surface area contributed by atoms with Crippen LogP contribution in [0.2, 0.25) is 5.02 Å². The Kier molecular flexibility index (Phi) is 4.05. The lowest BCUT2D eigenvalue weighted by Crippen LogP contribution is -2.13. The van der Waals surface area contributed by atoms with Crippen LogP contribution in [0, 0.1) is 6.92 Å². The number of hydrogen-bond donors (Lipinski definition) is 1. The Morgan fingerprint density at radius 1 is 1.04 bits per heavy atom. The van der Waals surface area contributed by atoms with E-state index in [4.69, 9.17) is 16.6 Å². The second-order valence-electron chi connectivity index (χ2n) is 6.21. The molecule has 0 bridgehead atoms. The number of aromatic nitrogens is 5. The van der Waals surface area contributed by atoms with Crippen molar-refractivity contribution >= 4 is 28.6 Å². The number of rotatable bonds is 3. The molecule has 0 aliphatic heterocycles. The van der Waals surface area contributed by atoms with E-state index in [-0.39, 0.29) is 0 Å². The number of aryl methyl sites for hydroxylation is 1. The van der Waals surface area contributed by atoms with Crippen molar-refractivity contribution in [1.29, 1.82) is 0 Å². The number of nitrogens with one attached hydrogen (secondary N) is 1. The fourth-order valence-electron chi connectivity index (χ4n) is 2.78. The normalized spacial score (nSPS) is 11.1. The summed E-state index contributed by atoms with van der Waals surface area (Å²) in [6.07, 6.45) is 1.75. The number of H-pyrrole nitrogens is 1. The summed E-state index contributed by atoms with van der Waals surface area (Å²) < 4.78 is 0. The summed E-state index contributed by atoms with van der Waals surface area (Å²) >= 11 is 6.32. The minimum absolute atomic E-state index is 0.640. The number of aromatic amines is 1. The van der Waals surface area contributed by atoms with E-state index in [1.54, 1.807) is 6.20 Å². The molecule has 7 heteroatoms. The van der Waals surface area contributed by atoms with Gasteiger partial charge in [-0.15, -0.1) is 0 Å². The number of halogens is 1. The minimum atomic E-state index is 0.640. The van der Waals surface area contributed by atoms with Gasteiger partial charge in [0.15, 0.2) is 0 Å². The van der Waals surface area contributed by atoms with Gasteiger partial charge >= 0.3 is 0 Å². The van der Waals surface area contributed by atoms with Crippen molar-refractivity contribution in [3.8, 4) is 22.8 Å². The summed E-state index contributed by atoms with van der Waals surface area (Å²) in [5.41, 5.74) is 4.82. The molecule has 0 saturated heterocycles. The Hall–Kier alpha value is -2.99. The molecule has 4 aromatic rings. The van der Waals surface area contributed by atoms with Crippen LogP contribution in [-0.4, -0.2) is 39.0 Å². The number of pyridine rings is 1. The van der Waals surface area contributed by atoms with E-state index in [1.165, 1.54) is 0 Å². The lowest BCUT2D eigenvalue weighted by Gasteiger charge is -2.12. The van der Waals surface area contributed by atoms with Crippen LogP contribution in [0.4, 0.5) is 5.95 Å². The van der Waals surface area contributed by atoms with Crippen LogP contribution in [-0.2, 0) is 0 Å². The molecule has 0 radical (unpaired) electrons. The van der Waals surface area contributed by atoms with Gasteiger partial charge in [0.1, 0.15) is 17.0 Å². The highest BCUT2D eigenvalue weighted by Crippen LogP contribution is 2.30. The van der Waals surface area contributed by atoms with E-state index >= 15 is 0 Å². The number of nitrogens with zero attached hydrogens (tertiary/aromatic N) is 5. The Morgan fingerprint density at radius 3 is 2.62 bits per heavy atom. The maximum atomic E-state index is 6.32. The summed E-state index contributed by atoms with van der Waals surface area (Å²) in [6.45, 7) is 1.94. The first-order valence-corrected chi connectivity index (χ1v) is 8.54. The zero-order chi connectivity index (χ0) is 18.3. The minimum Gasteiger partial charge on any atom is -0.347 e. The predicted molar refractivity (Wildman–Crippen MR) is 104 cm³/mol. The molecule has 3 aromatic heterocycles. The zero-order valence-electron chi connectivity index (χ0n) is 14.7. The van der Waals surface area contributed by atoms with Gasteiger partial charge in [-0.3, -0.25) is 4.98 Å². The van der Waals surface area contributed by atoms with Gasteiger partial charge in [0.05, 0.1) is 16.2 Å². The third-order valence-electron chi connectivity index (χ3n) is 4.01. The summed E-state index contributed by atoms with van der Waals surface area (Å²) in [6, 6.07) is 11.4. The number of fused-ring (bicyclic) bond motifs is 1. The molecule has 1 N–H and O–H groups in total. The molecular formula is C19H17ClN6. The molecule has 0 unspecified atom stereocenters. The second-order valence-corrected chi connectivity index (χ2v) is 6.62. The quantitative estimate of drug-likeness (QED) is 0.592. The van der Waals surface area contributed by atoms with Crippen molar-refractivity contribution in [3.63, 3.8) is 0 Å². The van der Waals surface area contributed by atoms with Crippen molar-refractivity contribution < 1.29 is 0 Å². The van der Waals surface area contributed by atoms with Gasteiger partial charge in [-0.1, -0.05) is 23.7 Å². The van der Waals surface area contributed by atoms with Gasteiger partial charge < -0.3 is 9.88 Å². The second kappa shape index (κ2) is 6.38. The number of hydrogen-bond acceptors (Lipinski definition) is 5. The van der Waals surface area contributed by atoms with E-state index in [2.05, 4.69) is 19.9 Å². The summed E-state index contributed by atoms with van der Waals surface area (Å²) in [5.74, 6) is 1.35. The molecule has 6 nitrogen and oxygen atoms in total. The van der Waals surface area contributed by atoms with Crippen LogP contribution in [0.25, 0.3) is 33.8 Å². The van der Waals surface area contributed by atoms with Gasteiger partial charge in [-0.25, -0.2) is 15.0 Å². The molecule has 0 saturated carbocycles. The smallest absolute Gasteiger partial charge is 0.225 e. The third-order valence-corrected chi connectivity index (χ3v) is 4.34. The lowest BCUT2D eigenvalue weighted by atomic mass is 10.2. The molecule has 0 amide bonds. The zero-order valence-corrected chi connectivity index (χ0v) is 15.4. The number of imidazole rings is 1. The predicted octanol–water partition coefficient (Wildman–Crippen LogP) is 4.11. The van der Waals surface area contributed by atoms with E-state index in [9.17, 15) is 0 Å². The largest absolute Gasteiger partial charge is 0.347 e. The van der Waals surface area contributed by atoms with E-state index in [0.29, 0.717) is 22.5 Å². The highest BCUT2D eigenvalue weighted by Gasteiger charge is 2.15. The SMILES string of the molecule is Cc1cc(-c2nccc3[nH]c(-c4ccccc4Cl)nc23)nc(N(C)C)n1. The topological polar surface area (TPSA) is 70.6 Å². The molecule has 130 valence electrons. The summed E-state index contributed by atoms with van der Waals surface area (Å²) in [4.78, 5) is 23.5. The average molecular weight is 365 g/mol. The highest BCUT2D eigenvalue weighted by atomic mass is 35.5. The maximum absolute atomic E-state index is 6.32. The molecule has 0 aliphatic carbocycles. The monoisotopic (exact) mass is 364 g/mol. The molecule has 26 heavy (non-hydrogen) atoms.